The van der Waals surface area contributed by atoms with E-state index in [9.17, 15) is 0 Å². The molecule has 0 radical (unpaired) electrons. The van der Waals surface area contributed by atoms with E-state index in [0.717, 1.165) is 5.92 Å². The van der Waals surface area contributed by atoms with E-state index in [2.05, 4.69) is 38.3 Å². The monoisotopic (exact) mass is 198 g/mol. The number of nitrogens with one attached hydrogen (secondary N) is 2. The molecule has 1 atom stereocenters. The molecule has 14 heavy (non-hydrogen) atoms. The van der Waals surface area contributed by atoms with Crippen LogP contribution in [0.4, 0.5) is 0 Å². The molecule has 1 unspecified atom stereocenters. The Hall–Kier alpha value is -0.0800. The molecule has 0 aromatic heterocycles. The van der Waals surface area contributed by atoms with Gasteiger partial charge in [-0.1, -0.05) is 27.7 Å². The molecule has 1 heterocycles. The van der Waals surface area contributed by atoms with Gasteiger partial charge in [0.15, 0.2) is 0 Å². The van der Waals surface area contributed by atoms with E-state index in [1.807, 2.05) is 0 Å². The van der Waals surface area contributed by atoms with Gasteiger partial charge in [-0.05, 0) is 30.7 Å². The Morgan fingerprint density at radius 1 is 1.29 bits per heavy atom. The van der Waals surface area contributed by atoms with E-state index in [-0.39, 0.29) is 0 Å². The lowest BCUT2D eigenvalue weighted by atomic mass is 9.79. The van der Waals surface area contributed by atoms with Crippen molar-refractivity contribution in [1.29, 1.82) is 0 Å². The molecule has 0 aromatic rings. The highest BCUT2D eigenvalue weighted by Gasteiger charge is 2.33. The molecular formula is C12H26N2. The van der Waals surface area contributed by atoms with Gasteiger partial charge in [0.2, 0.25) is 0 Å². The Labute approximate surface area is 88.8 Å². The van der Waals surface area contributed by atoms with Crippen LogP contribution in [-0.4, -0.2) is 25.7 Å². The van der Waals surface area contributed by atoms with Crippen molar-refractivity contribution in [3.05, 3.63) is 0 Å². The van der Waals surface area contributed by atoms with Gasteiger partial charge in [-0.25, -0.2) is 0 Å². The maximum Gasteiger partial charge on any atom is 0.00229 e. The molecule has 0 aromatic carbocycles. The standard InChI is InChI=1S/C12H26N2/c1-10(2)7-12(5-6-13-8-12)9-14-11(3)4/h10-11,13-14H,5-9H2,1-4H3. The van der Waals surface area contributed by atoms with Crippen LogP contribution in [-0.2, 0) is 0 Å². The number of rotatable bonds is 5. The Balaban J connectivity index is 2.44. The summed E-state index contributed by atoms with van der Waals surface area (Å²) < 4.78 is 0. The second-order valence-corrected chi connectivity index (χ2v) is 5.56. The van der Waals surface area contributed by atoms with E-state index >= 15 is 0 Å². The quantitative estimate of drug-likeness (QED) is 0.706. The Bertz CT molecular complexity index is 158. The molecule has 2 N–H and O–H groups in total. The van der Waals surface area contributed by atoms with Crippen molar-refractivity contribution < 1.29 is 0 Å². The SMILES string of the molecule is CC(C)CC1(CNC(C)C)CCNC1. The second kappa shape index (κ2) is 5.13. The second-order valence-electron chi connectivity index (χ2n) is 5.56. The van der Waals surface area contributed by atoms with Crippen molar-refractivity contribution >= 4 is 0 Å². The number of hydrogen-bond acceptors (Lipinski definition) is 2. The first kappa shape index (κ1) is 12.0. The molecule has 84 valence electrons. The molecule has 0 amide bonds. The molecule has 2 nitrogen and oxygen atoms in total. The maximum absolute atomic E-state index is 3.59. The van der Waals surface area contributed by atoms with E-state index in [4.69, 9.17) is 0 Å². The van der Waals surface area contributed by atoms with Crippen LogP contribution in [0.15, 0.2) is 0 Å². The fraction of sp³-hybridized carbons (Fsp3) is 1.00. The predicted octanol–water partition coefficient (Wildman–Crippen LogP) is 2.01. The minimum absolute atomic E-state index is 0.526. The van der Waals surface area contributed by atoms with Crippen molar-refractivity contribution in [3.8, 4) is 0 Å². The van der Waals surface area contributed by atoms with Crippen LogP contribution >= 0.6 is 0 Å². The molecule has 1 saturated heterocycles. The number of hydrogen-bond donors (Lipinski definition) is 2. The highest BCUT2D eigenvalue weighted by Crippen LogP contribution is 2.32. The van der Waals surface area contributed by atoms with Gasteiger partial charge in [0.05, 0.1) is 0 Å². The molecule has 1 aliphatic rings. The molecule has 1 rings (SSSR count). The van der Waals surface area contributed by atoms with Crippen LogP contribution in [0.3, 0.4) is 0 Å². The van der Waals surface area contributed by atoms with E-state index in [1.54, 1.807) is 0 Å². The van der Waals surface area contributed by atoms with E-state index in [0.29, 0.717) is 11.5 Å². The summed E-state index contributed by atoms with van der Waals surface area (Å²) in [6.07, 6.45) is 2.69. The summed E-state index contributed by atoms with van der Waals surface area (Å²) in [5, 5.41) is 7.10. The largest absolute Gasteiger partial charge is 0.316 e. The fourth-order valence-electron chi connectivity index (χ4n) is 2.48. The van der Waals surface area contributed by atoms with Gasteiger partial charge in [0.25, 0.3) is 0 Å². The minimum Gasteiger partial charge on any atom is -0.316 e. The van der Waals surface area contributed by atoms with Crippen molar-refractivity contribution in [2.75, 3.05) is 19.6 Å². The smallest absolute Gasteiger partial charge is 0.00229 e. The Morgan fingerprint density at radius 2 is 2.00 bits per heavy atom. The zero-order chi connectivity index (χ0) is 10.6. The van der Waals surface area contributed by atoms with Crippen molar-refractivity contribution in [3.63, 3.8) is 0 Å². The first-order valence-corrected chi connectivity index (χ1v) is 5.98. The summed E-state index contributed by atoms with van der Waals surface area (Å²) >= 11 is 0. The lowest BCUT2D eigenvalue weighted by Gasteiger charge is -2.31. The van der Waals surface area contributed by atoms with Crippen molar-refractivity contribution in [2.24, 2.45) is 11.3 Å². The van der Waals surface area contributed by atoms with Crippen LogP contribution in [0.5, 0.6) is 0 Å². The minimum atomic E-state index is 0.526. The van der Waals surface area contributed by atoms with E-state index in [1.165, 1.54) is 32.5 Å². The molecule has 2 heteroatoms. The average Bonchev–Trinajstić information content (AvgIpc) is 2.49. The van der Waals surface area contributed by atoms with Crippen molar-refractivity contribution in [2.45, 2.75) is 46.6 Å². The van der Waals surface area contributed by atoms with Crippen molar-refractivity contribution in [1.82, 2.24) is 10.6 Å². The summed E-state index contributed by atoms with van der Waals surface area (Å²) in [6.45, 7) is 12.7. The summed E-state index contributed by atoms with van der Waals surface area (Å²) in [6, 6.07) is 0.611. The highest BCUT2D eigenvalue weighted by atomic mass is 15.0. The van der Waals surface area contributed by atoms with Crippen LogP contribution in [0.25, 0.3) is 0 Å². The Morgan fingerprint density at radius 3 is 2.43 bits per heavy atom. The van der Waals surface area contributed by atoms with Crippen LogP contribution in [0, 0.1) is 11.3 Å². The van der Waals surface area contributed by atoms with Gasteiger partial charge >= 0.3 is 0 Å². The van der Waals surface area contributed by atoms with Crippen LogP contribution < -0.4 is 10.6 Å². The molecule has 1 fully saturated rings. The summed E-state index contributed by atoms with van der Waals surface area (Å²) in [5.41, 5.74) is 0.526. The summed E-state index contributed by atoms with van der Waals surface area (Å²) in [7, 11) is 0. The van der Waals surface area contributed by atoms with Crippen LogP contribution in [0.1, 0.15) is 40.5 Å². The summed E-state index contributed by atoms with van der Waals surface area (Å²) in [4.78, 5) is 0. The van der Waals surface area contributed by atoms with Crippen LogP contribution in [0.2, 0.25) is 0 Å². The lowest BCUT2D eigenvalue weighted by molar-refractivity contribution is 0.237. The summed E-state index contributed by atoms with van der Waals surface area (Å²) in [5.74, 6) is 0.809. The molecule has 0 bridgehead atoms. The average molecular weight is 198 g/mol. The Kier molecular flexibility index (Phi) is 4.39. The van der Waals surface area contributed by atoms with Gasteiger partial charge in [0.1, 0.15) is 0 Å². The van der Waals surface area contributed by atoms with Gasteiger partial charge in [-0.15, -0.1) is 0 Å². The molecule has 0 spiro atoms. The third-order valence-corrected chi connectivity index (χ3v) is 3.06. The lowest BCUT2D eigenvalue weighted by Crippen LogP contribution is -2.40. The molecule has 1 aliphatic heterocycles. The zero-order valence-corrected chi connectivity index (χ0v) is 10.2. The highest BCUT2D eigenvalue weighted by molar-refractivity contribution is 4.90. The third kappa shape index (κ3) is 3.58. The third-order valence-electron chi connectivity index (χ3n) is 3.06. The van der Waals surface area contributed by atoms with Gasteiger partial charge in [-0.3, -0.25) is 0 Å². The normalized spacial score (nSPS) is 27.9. The zero-order valence-electron chi connectivity index (χ0n) is 10.2. The molecule has 0 saturated carbocycles. The molecule has 0 aliphatic carbocycles. The van der Waals surface area contributed by atoms with E-state index < -0.39 is 0 Å². The first-order valence-electron chi connectivity index (χ1n) is 5.98. The molecular weight excluding hydrogens is 172 g/mol. The van der Waals surface area contributed by atoms with Gasteiger partial charge in [0, 0.05) is 19.1 Å². The fourth-order valence-corrected chi connectivity index (χ4v) is 2.48. The predicted molar refractivity (Wildman–Crippen MR) is 62.5 cm³/mol. The first-order chi connectivity index (χ1) is 6.54. The topological polar surface area (TPSA) is 24.1 Å². The van der Waals surface area contributed by atoms with Gasteiger partial charge < -0.3 is 10.6 Å². The van der Waals surface area contributed by atoms with Gasteiger partial charge in [-0.2, -0.15) is 0 Å². The maximum atomic E-state index is 3.59.